The molecule has 0 bridgehead atoms. The topological polar surface area (TPSA) is 21.3 Å². The molecule has 1 atom stereocenters. The van der Waals surface area contributed by atoms with Crippen molar-refractivity contribution in [1.82, 2.24) is 5.32 Å². The summed E-state index contributed by atoms with van der Waals surface area (Å²) in [7, 11) is 1.63. The number of hydrogen-bond acceptors (Lipinski definition) is 2. The maximum atomic E-state index is 6.13. The van der Waals surface area contributed by atoms with Crippen molar-refractivity contribution in [2.24, 2.45) is 0 Å². The molecule has 2 rings (SSSR count). The van der Waals surface area contributed by atoms with Gasteiger partial charge < -0.3 is 10.1 Å². The van der Waals surface area contributed by atoms with Crippen LogP contribution in [0.2, 0.25) is 5.02 Å². The number of aryl methyl sites for hydroxylation is 1. The fourth-order valence-corrected chi connectivity index (χ4v) is 3.02. The Hall–Kier alpha value is -1.03. The second kappa shape index (κ2) is 7.30. The van der Waals surface area contributed by atoms with Crippen molar-refractivity contribution in [2.75, 3.05) is 13.7 Å². The molecule has 0 fully saturated rings. The summed E-state index contributed by atoms with van der Waals surface area (Å²) in [5.74, 6) is 0.695. The van der Waals surface area contributed by atoms with Crippen molar-refractivity contribution in [3.63, 3.8) is 0 Å². The molecule has 1 unspecified atom stereocenters. The van der Waals surface area contributed by atoms with Gasteiger partial charge >= 0.3 is 0 Å². The fraction of sp³-hybridized carbons (Fsp3) is 0.294. The van der Waals surface area contributed by atoms with Crippen LogP contribution in [0.4, 0.5) is 0 Å². The van der Waals surface area contributed by atoms with Gasteiger partial charge in [-0.15, -0.1) is 0 Å². The number of rotatable bonds is 5. The lowest BCUT2D eigenvalue weighted by atomic mass is 9.97. The minimum Gasteiger partial charge on any atom is -0.495 e. The van der Waals surface area contributed by atoms with Crippen molar-refractivity contribution in [3.05, 3.63) is 62.6 Å². The van der Waals surface area contributed by atoms with Crippen LogP contribution in [0.5, 0.6) is 5.75 Å². The summed E-state index contributed by atoms with van der Waals surface area (Å²) in [5, 5.41) is 4.15. The van der Waals surface area contributed by atoms with Crippen LogP contribution in [-0.4, -0.2) is 13.7 Å². The van der Waals surface area contributed by atoms with E-state index in [4.69, 9.17) is 16.3 Å². The van der Waals surface area contributed by atoms with E-state index in [9.17, 15) is 0 Å². The van der Waals surface area contributed by atoms with Gasteiger partial charge in [0.1, 0.15) is 5.75 Å². The van der Waals surface area contributed by atoms with Crippen LogP contribution in [0, 0.1) is 6.92 Å². The van der Waals surface area contributed by atoms with E-state index in [1.165, 1.54) is 11.1 Å². The van der Waals surface area contributed by atoms with Crippen LogP contribution in [0.3, 0.4) is 0 Å². The summed E-state index contributed by atoms with van der Waals surface area (Å²) < 4.78 is 6.42. The van der Waals surface area contributed by atoms with Gasteiger partial charge in [0.15, 0.2) is 0 Å². The smallest absolute Gasteiger partial charge is 0.137 e. The molecule has 112 valence electrons. The van der Waals surface area contributed by atoms with E-state index in [-0.39, 0.29) is 6.04 Å². The molecule has 0 aliphatic rings. The summed E-state index contributed by atoms with van der Waals surface area (Å²) in [5.41, 5.74) is 3.57. The average molecular weight is 369 g/mol. The molecule has 0 aliphatic heterocycles. The summed E-state index contributed by atoms with van der Waals surface area (Å²) >= 11 is 9.78. The predicted molar refractivity (Wildman–Crippen MR) is 92.4 cm³/mol. The van der Waals surface area contributed by atoms with Gasteiger partial charge in [-0.05, 0) is 42.8 Å². The molecule has 4 heteroatoms. The molecule has 0 saturated heterocycles. The van der Waals surface area contributed by atoms with Gasteiger partial charge in [-0.2, -0.15) is 0 Å². The monoisotopic (exact) mass is 367 g/mol. The lowest BCUT2D eigenvalue weighted by molar-refractivity contribution is 0.414. The van der Waals surface area contributed by atoms with Crippen LogP contribution >= 0.6 is 27.5 Å². The fourth-order valence-electron chi connectivity index (χ4n) is 2.35. The van der Waals surface area contributed by atoms with E-state index < -0.39 is 0 Å². The van der Waals surface area contributed by atoms with E-state index in [0.29, 0.717) is 10.8 Å². The molecule has 0 heterocycles. The van der Waals surface area contributed by atoms with Crippen LogP contribution in [0.25, 0.3) is 0 Å². The summed E-state index contributed by atoms with van der Waals surface area (Å²) in [6.45, 7) is 5.07. The van der Waals surface area contributed by atoms with E-state index in [2.05, 4.69) is 53.3 Å². The number of nitrogens with one attached hydrogen (secondary N) is 1. The second-order valence-corrected chi connectivity index (χ2v) is 6.17. The Labute approximate surface area is 139 Å². The van der Waals surface area contributed by atoms with E-state index >= 15 is 0 Å². The van der Waals surface area contributed by atoms with Gasteiger partial charge in [0.25, 0.3) is 0 Å². The zero-order valence-electron chi connectivity index (χ0n) is 12.4. The summed E-state index contributed by atoms with van der Waals surface area (Å²) in [6, 6.07) is 12.4. The predicted octanol–water partition coefficient (Wildman–Crippen LogP) is 5.12. The average Bonchev–Trinajstić information content (AvgIpc) is 2.48. The van der Waals surface area contributed by atoms with E-state index in [0.717, 1.165) is 16.6 Å². The first-order valence-corrected chi connectivity index (χ1v) is 8.06. The van der Waals surface area contributed by atoms with Gasteiger partial charge in [-0.25, -0.2) is 0 Å². The summed E-state index contributed by atoms with van der Waals surface area (Å²) in [4.78, 5) is 0. The highest BCUT2D eigenvalue weighted by atomic mass is 79.9. The minimum absolute atomic E-state index is 0.0930. The highest BCUT2D eigenvalue weighted by Gasteiger charge is 2.17. The van der Waals surface area contributed by atoms with Gasteiger partial charge in [0.05, 0.1) is 18.2 Å². The normalized spacial score (nSPS) is 12.2. The molecule has 2 aromatic carbocycles. The number of benzene rings is 2. The van der Waals surface area contributed by atoms with Crippen molar-refractivity contribution >= 4 is 27.5 Å². The minimum atomic E-state index is 0.0930. The first kappa shape index (κ1) is 16.3. The van der Waals surface area contributed by atoms with Gasteiger partial charge in [0.2, 0.25) is 0 Å². The zero-order chi connectivity index (χ0) is 15.4. The lowest BCUT2D eigenvalue weighted by Gasteiger charge is -2.21. The molecule has 0 aliphatic carbocycles. The van der Waals surface area contributed by atoms with Crippen molar-refractivity contribution in [2.45, 2.75) is 19.9 Å². The second-order valence-electron chi connectivity index (χ2n) is 4.91. The number of methoxy groups -OCH3 is 1. The van der Waals surface area contributed by atoms with Gasteiger partial charge in [-0.3, -0.25) is 0 Å². The molecular weight excluding hydrogens is 350 g/mol. The molecule has 0 saturated carbocycles. The largest absolute Gasteiger partial charge is 0.495 e. The Morgan fingerprint density at radius 2 is 2.00 bits per heavy atom. The third kappa shape index (κ3) is 3.79. The molecule has 21 heavy (non-hydrogen) atoms. The summed E-state index contributed by atoms with van der Waals surface area (Å²) in [6.07, 6.45) is 0. The Bertz CT molecular complexity index is 630. The van der Waals surface area contributed by atoms with E-state index in [1.807, 2.05) is 18.2 Å². The van der Waals surface area contributed by atoms with Crippen molar-refractivity contribution in [3.8, 4) is 5.75 Å². The SMILES string of the molecule is CCNC(c1ccc(Cl)c(OC)c1)c1cc(C)ccc1Br. The molecule has 0 aromatic heterocycles. The van der Waals surface area contributed by atoms with Crippen molar-refractivity contribution in [1.29, 1.82) is 0 Å². The molecule has 0 radical (unpaired) electrons. The van der Waals surface area contributed by atoms with Crippen LogP contribution in [-0.2, 0) is 0 Å². The Morgan fingerprint density at radius 1 is 1.24 bits per heavy atom. The van der Waals surface area contributed by atoms with Gasteiger partial charge in [-0.1, -0.05) is 58.2 Å². The number of ether oxygens (including phenoxy) is 1. The quantitative estimate of drug-likeness (QED) is 0.791. The Kier molecular flexibility index (Phi) is 5.68. The van der Waals surface area contributed by atoms with Gasteiger partial charge in [0, 0.05) is 4.47 Å². The maximum Gasteiger partial charge on any atom is 0.137 e. The molecular formula is C17H19BrClNO. The highest BCUT2D eigenvalue weighted by Crippen LogP contribution is 2.33. The molecule has 0 amide bonds. The third-order valence-electron chi connectivity index (χ3n) is 3.38. The molecule has 2 nitrogen and oxygen atoms in total. The Morgan fingerprint density at radius 3 is 2.67 bits per heavy atom. The molecule has 1 N–H and O–H groups in total. The zero-order valence-corrected chi connectivity index (χ0v) is 14.8. The molecule has 0 spiro atoms. The maximum absolute atomic E-state index is 6.13. The van der Waals surface area contributed by atoms with Crippen molar-refractivity contribution < 1.29 is 4.74 Å². The first-order chi connectivity index (χ1) is 10.1. The first-order valence-electron chi connectivity index (χ1n) is 6.89. The highest BCUT2D eigenvalue weighted by molar-refractivity contribution is 9.10. The van der Waals surface area contributed by atoms with E-state index in [1.54, 1.807) is 7.11 Å². The Balaban J connectivity index is 2.50. The lowest BCUT2D eigenvalue weighted by Crippen LogP contribution is -2.22. The third-order valence-corrected chi connectivity index (χ3v) is 4.41. The standard InChI is InChI=1S/C17H19BrClNO/c1-4-20-17(13-9-11(2)5-7-14(13)18)12-6-8-15(19)16(10-12)21-3/h5-10,17,20H,4H2,1-3H3. The van der Waals surface area contributed by atoms with Crippen LogP contribution < -0.4 is 10.1 Å². The number of hydrogen-bond donors (Lipinski definition) is 1. The number of halogens is 2. The van der Waals surface area contributed by atoms with Crippen LogP contribution in [0.15, 0.2) is 40.9 Å². The molecule has 2 aromatic rings. The van der Waals surface area contributed by atoms with Crippen LogP contribution in [0.1, 0.15) is 29.7 Å².